The minimum atomic E-state index is -0.286. The van der Waals surface area contributed by atoms with E-state index in [1.807, 2.05) is 48.6 Å². The molecule has 0 bridgehead atoms. The third-order valence-electron chi connectivity index (χ3n) is 9.76. The van der Waals surface area contributed by atoms with Crippen molar-refractivity contribution in [1.29, 1.82) is 0 Å². The zero-order chi connectivity index (χ0) is 34.2. The number of aryl methyl sites for hydroxylation is 1. The number of hydrogen-bond donors (Lipinski definition) is 2. The smallest absolute Gasteiger partial charge is 0.254 e. The number of piperidine rings is 1. The Bertz CT molecular complexity index is 2000. The molecule has 1 saturated heterocycles. The van der Waals surface area contributed by atoms with E-state index in [1.165, 1.54) is 12.8 Å². The van der Waals surface area contributed by atoms with Gasteiger partial charge < -0.3 is 30.0 Å². The van der Waals surface area contributed by atoms with Crippen LogP contribution in [0.1, 0.15) is 77.7 Å². The maximum Gasteiger partial charge on any atom is 0.254 e. The Morgan fingerprint density at radius 1 is 1.04 bits per heavy atom. The summed E-state index contributed by atoms with van der Waals surface area (Å²) in [4.78, 5) is 38.7. The molecule has 2 aliphatic rings. The Morgan fingerprint density at radius 2 is 1.84 bits per heavy atom. The van der Waals surface area contributed by atoms with Crippen LogP contribution in [0.2, 0.25) is 0 Å². The van der Waals surface area contributed by atoms with Crippen molar-refractivity contribution < 1.29 is 19.1 Å². The van der Waals surface area contributed by atoms with E-state index < -0.39 is 0 Å². The fourth-order valence-electron chi connectivity index (χ4n) is 6.86. The molecule has 0 radical (unpaired) electrons. The Balaban J connectivity index is 1.21. The number of rotatable bonds is 11. The van der Waals surface area contributed by atoms with Gasteiger partial charge in [0.25, 0.3) is 11.8 Å². The molecule has 2 amide bonds. The monoisotopic (exact) mass is 663 g/mol. The molecule has 1 aromatic carbocycles. The van der Waals surface area contributed by atoms with Gasteiger partial charge in [-0.2, -0.15) is 0 Å². The molecule has 256 valence electrons. The number of benzene rings is 1. The summed E-state index contributed by atoms with van der Waals surface area (Å²) in [5.74, 6) is 0.884. The minimum Gasteiger partial charge on any atom is -0.482 e. The molecule has 1 saturated carbocycles. The molecule has 2 fully saturated rings. The lowest BCUT2D eigenvalue weighted by Crippen LogP contribution is -2.54. The van der Waals surface area contributed by atoms with Crippen molar-refractivity contribution in [2.45, 2.75) is 71.2 Å². The van der Waals surface area contributed by atoms with Crippen LogP contribution in [-0.2, 0) is 11.3 Å². The van der Waals surface area contributed by atoms with Gasteiger partial charge in [0, 0.05) is 54.9 Å². The van der Waals surface area contributed by atoms with Crippen molar-refractivity contribution in [3.05, 3.63) is 83.2 Å². The fourth-order valence-corrected chi connectivity index (χ4v) is 6.86. The van der Waals surface area contributed by atoms with E-state index in [0.717, 1.165) is 46.8 Å². The lowest BCUT2D eigenvalue weighted by atomic mass is 10.0. The number of ether oxygens (including phenoxy) is 2. The van der Waals surface area contributed by atoms with Gasteiger partial charge in [0.05, 0.1) is 36.3 Å². The van der Waals surface area contributed by atoms with Crippen molar-refractivity contribution in [2.75, 3.05) is 26.8 Å². The second-order valence-corrected chi connectivity index (χ2v) is 13.4. The van der Waals surface area contributed by atoms with Crippen LogP contribution in [0.25, 0.3) is 28.1 Å². The summed E-state index contributed by atoms with van der Waals surface area (Å²) in [6, 6.07) is 18.5. The molecule has 1 aliphatic heterocycles. The van der Waals surface area contributed by atoms with Gasteiger partial charge in [-0.1, -0.05) is 25.1 Å². The maximum absolute atomic E-state index is 13.8. The maximum atomic E-state index is 13.8. The van der Waals surface area contributed by atoms with Crippen molar-refractivity contribution in [2.24, 2.45) is 11.7 Å². The van der Waals surface area contributed by atoms with Gasteiger partial charge in [-0.3, -0.25) is 14.0 Å². The van der Waals surface area contributed by atoms with E-state index in [0.29, 0.717) is 54.7 Å². The second-order valence-electron chi connectivity index (χ2n) is 13.4. The first kappa shape index (κ1) is 32.8. The molecule has 5 heterocycles. The van der Waals surface area contributed by atoms with Crippen LogP contribution < -0.4 is 15.8 Å². The number of amides is 2. The van der Waals surface area contributed by atoms with E-state index in [2.05, 4.69) is 28.9 Å². The summed E-state index contributed by atoms with van der Waals surface area (Å²) in [6.07, 6.45) is 3.96. The molecular weight excluding hydrogens is 618 g/mol. The molecule has 49 heavy (non-hydrogen) atoms. The zero-order valence-corrected chi connectivity index (χ0v) is 28.7. The molecule has 11 heteroatoms. The molecule has 4 aromatic heterocycles. The number of aromatic nitrogens is 4. The standard InChI is InChI=1S/C38H45N7O4/c1-5-17-49-32-15-16-43(22-29(32)39)38(47)28-19-33-42-35(24(3)45(33)34(20-28)48-4)31-18-27-13-14-30(41-36(27)44(31)21-25-11-12-25)23(2)40-37(46)26-9-7-6-8-10-26/h6-10,13-14,18-20,23,25,29,32H,5,11-12,15-17,21-22,39H2,1-4H3,(H,40,46)/t23-,29+,32-/m1/s1. The minimum absolute atomic E-state index is 0.0391. The van der Waals surface area contributed by atoms with Crippen molar-refractivity contribution >= 4 is 28.5 Å². The first-order valence-corrected chi connectivity index (χ1v) is 17.4. The van der Waals surface area contributed by atoms with Gasteiger partial charge in [0.2, 0.25) is 0 Å². The average Bonchev–Trinajstić information content (AvgIpc) is 3.79. The third-order valence-corrected chi connectivity index (χ3v) is 9.76. The van der Waals surface area contributed by atoms with Crippen LogP contribution in [-0.4, -0.2) is 74.6 Å². The quantitative estimate of drug-likeness (QED) is 0.190. The Morgan fingerprint density at radius 3 is 2.55 bits per heavy atom. The summed E-state index contributed by atoms with van der Waals surface area (Å²) >= 11 is 0. The van der Waals surface area contributed by atoms with Gasteiger partial charge in [-0.05, 0) is 81.8 Å². The molecule has 0 unspecified atom stereocenters. The van der Waals surface area contributed by atoms with Crippen molar-refractivity contribution in [3.63, 3.8) is 0 Å². The van der Waals surface area contributed by atoms with Crippen molar-refractivity contribution in [3.8, 4) is 17.3 Å². The summed E-state index contributed by atoms with van der Waals surface area (Å²) in [6.45, 7) is 8.57. The molecule has 3 atom stereocenters. The summed E-state index contributed by atoms with van der Waals surface area (Å²) in [7, 11) is 1.61. The van der Waals surface area contributed by atoms with Crippen LogP contribution in [0.3, 0.4) is 0 Å². The van der Waals surface area contributed by atoms with Crippen LogP contribution in [0.5, 0.6) is 5.88 Å². The predicted molar refractivity (Wildman–Crippen MR) is 189 cm³/mol. The number of nitrogens with zero attached hydrogens (tertiary/aromatic N) is 5. The third kappa shape index (κ3) is 6.52. The number of carbonyl (C=O) groups excluding carboxylic acids is 2. The summed E-state index contributed by atoms with van der Waals surface area (Å²) in [5.41, 5.74) is 12.5. The molecule has 5 aromatic rings. The number of likely N-dealkylation sites (tertiary alicyclic amines) is 1. The van der Waals surface area contributed by atoms with E-state index in [-0.39, 0.29) is 30.0 Å². The summed E-state index contributed by atoms with van der Waals surface area (Å²) in [5, 5.41) is 4.10. The highest BCUT2D eigenvalue weighted by atomic mass is 16.5. The lowest BCUT2D eigenvalue weighted by Gasteiger charge is -2.36. The number of carbonyl (C=O) groups is 2. The van der Waals surface area contributed by atoms with Crippen LogP contribution >= 0.6 is 0 Å². The van der Waals surface area contributed by atoms with E-state index in [4.69, 9.17) is 25.2 Å². The molecule has 7 rings (SSSR count). The van der Waals surface area contributed by atoms with Crippen LogP contribution in [0.15, 0.2) is 60.7 Å². The van der Waals surface area contributed by atoms with Gasteiger partial charge in [0.1, 0.15) is 17.0 Å². The summed E-state index contributed by atoms with van der Waals surface area (Å²) < 4.78 is 16.0. The Hall–Kier alpha value is -4.74. The van der Waals surface area contributed by atoms with Crippen LogP contribution in [0, 0.1) is 12.8 Å². The highest BCUT2D eigenvalue weighted by Gasteiger charge is 2.31. The highest BCUT2D eigenvalue weighted by molar-refractivity contribution is 5.96. The van der Waals surface area contributed by atoms with Gasteiger partial charge in [-0.25, -0.2) is 9.97 Å². The largest absolute Gasteiger partial charge is 0.482 e. The number of imidazole rings is 1. The SMILES string of the molecule is CCCO[C@@H]1CCN(C(=O)c2cc(OC)n3c(C)c(-c4cc5ccc([C@@H](C)NC(=O)c6ccccc6)nc5n4CC4CC4)nc3c2)C[C@@H]1N. The first-order valence-electron chi connectivity index (χ1n) is 17.4. The van der Waals surface area contributed by atoms with Gasteiger partial charge in [0.15, 0.2) is 5.88 Å². The van der Waals surface area contributed by atoms with Crippen LogP contribution in [0.4, 0.5) is 0 Å². The number of fused-ring (bicyclic) bond motifs is 2. The molecule has 1 aliphatic carbocycles. The molecule has 0 spiro atoms. The number of hydrogen-bond acceptors (Lipinski definition) is 7. The molecule has 3 N–H and O–H groups in total. The average molecular weight is 664 g/mol. The van der Waals surface area contributed by atoms with E-state index in [9.17, 15) is 9.59 Å². The Kier molecular flexibility index (Phi) is 9.13. The van der Waals surface area contributed by atoms with E-state index >= 15 is 0 Å². The highest BCUT2D eigenvalue weighted by Crippen LogP contribution is 2.37. The van der Waals surface area contributed by atoms with Crippen molar-refractivity contribution in [1.82, 2.24) is 29.2 Å². The predicted octanol–water partition coefficient (Wildman–Crippen LogP) is 5.54. The second kappa shape index (κ2) is 13.6. The van der Waals surface area contributed by atoms with E-state index in [1.54, 1.807) is 30.2 Å². The van der Waals surface area contributed by atoms with Gasteiger partial charge >= 0.3 is 0 Å². The lowest BCUT2D eigenvalue weighted by molar-refractivity contribution is -0.00358. The number of methoxy groups -OCH3 is 1. The first-order chi connectivity index (χ1) is 23.7. The fraction of sp³-hybridized carbons (Fsp3) is 0.421. The molecular formula is C38H45N7O4. The Labute approximate surface area is 286 Å². The normalized spacial score (nSPS) is 18.6. The molecule has 11 nitrogen and oxygen atoms in total. The topological polar surface area (TPSA) is 129 Å². The number of nitrogens with two attached hydrogens (primary N) is 1. The zero-order valence-electron chi connectivity index (χ0n) is 28.7. The number of nitrogens with one attached hydrogen (secondary N) is 1. The van der Waals surface area contributed by atoms with Gasteiger partial charge in [-0.15, -0.1) is 0 Å². The number of pyridine rings is 2.